The van der Waals surface area contributed by atoms with Gasteiger partial charge in [0.05, 0.1) is 0 Å². The summed E-state index contributed by atoms with van der Waals surface area (Å²) < 4.78 is 11.3. The lowest BCUT2D eigenvalue weighted by molar-refractivity contribution is 0.0624. The van der Waals surface area contributed by atoms with Crippen LogP contribution in [0.2, 0.25) is 0 Å². The first-order valence-corrected chi connectivity index (χ1v) is 8.55. The van der Waals surface area contributed by atoms with E-state index >= 15 is 0 Å². The number of hydrogen-bond donors (Lipinski definition) is 0. The second-order valence-corrected chi connectivity index (χ2v) is 6.24. The van der Waals surface area contributed by atoms with Crippen LogP contribution in [0.3, 0.4) is 0 Å². The molecule has 1 aromatic carbocycles. The van der Waals surface area contributed by atoms with Gasteiger partial charge >= 0.3 is 6.09 Å². The molecule has 1 aliphatic rings. The van der Waals surface area contributed by atoms with Gasteiger partial charge in [0.1, 0.15) is 18.5 Å². The number of ether oxygens (including phenoxy) is 2. The molecule has 0 saturated carbocycles. The van der Waals surface area contributed by atoms with E-state index in [0.717, 1.165) is 24.1 Å². The second-order valence-electron chi connectivity index (χ2n) is 6.24. The van der Waals surface area contributed by atoms with E-state index in [1.165, 1.54) is 0 Å². The number of hydrogen-bond acceptors (Lipinski definition) is 5. The molecule has 1 saturated heterocycles. The smallest absolute Gasteiger partial charge is 0.410 e. The first-order chi connectivity index (χ1) is 12.1. The van der Waals surface area contributed by atoms with E-state index in [1.54, 1.807) is 4.90 Å². The molecule has 6 heteroatoms. The fraction of sp³-hybridized carbons (Fsp3) is 0.421. The van der Waals surface area contributed by atoms with Crippen LogP contribution in [0.15, 0.2) is 36.4 Å². The molecule has 1 fully saturated rings. The maximum Gasteiger partial charge on any atom is 0.410 e. The Morgan fingerprint density at radius 3 is 2.56 bits per heavy atom. The van der Waals surface area contributed by atoms with Crippen molar-refractivity contribution in [3.63, 3.8) is 0 Å². The summed E-state index contributed by atoms with van der Waals surface area (Å²) in [6.45, 7) is 5.33. The van der Waals surface area contributed by atoms with Crippen molar-refractivity contribution in [2.45, 2.75) is 39.4 Å². The molecule has 3 rings (SSSR count). The summed E-state index contributed by atoms with van der Waals surface area (Å²) in [4.78, 5) is 22.5. The van der Waals surface area contributed by atoms with Gasteiger partial charge in [-0.1, -0.05) is 30.3 Å². The Hall–Kier alpha value is -2.63. The van der Waals surface area contributed by atoms with Crippen LogP contribution < -0.4 is 4.74 Å². The van der Waals surface area contributed by atoms with E-state index in [2.05, 4.69) is 9.97 Å². The van der Waals surface area contributed by atoms with Gasteiger partial charge < -0.3 is 14.4 Å². The van der Waals surface area contributed by atoms with Crippen molar-refractivity contribution in [3.8, 4) is 5.88 Å². The van der Waals surface area contributed by atoms with Gasteiger partial charge in [-0.2, -0.15) is 4.98 Å². The number of amides is 1. The Bertz CT molecular complexity index is 693. The summed E-state index contributed by atoms with van der Waals surface area (Å²) >= 11 is 0. The SMILES string of the molecule is Cc1cc(OC2CCN(C(=O)OCc3ccccc3)CC2)nc(C)n1. The third-order valence-corrected chi connectivity index (χ3v) is 4.14. The average Bonchev–Trinajstić information content (AvgIpc) is 2.60. The minimum Gasteiger partial charge on any atom is -0.474 e. The van der Waals surface area contributed by atoms with E-state index in [-0.39, 0.29) is 12.2 Å². The Morgan fingerprint density at radius 1 is 1.16 bits per heavy atom. The van der Waals surface area contributed by atoms with Crippen LogP contribution in [0.4, 0.5) is 4.79 Å². The molecule has 132 valence electrons. The fourth-order valence-electron chi connectivity index (χ4n) is 2.88. The number of rotatable bonds is 4. The predicted octanol–water partition coefficient (Wildman–Crippen LogP) is 3.27. The lowest BCUT2D eigenvalue weighted by Gasteiger charge is -2.31. The summed E-state index contributed by atoms with van der Waals surface area (Å²) in [5.74, 6) is 1.31. The zero-order chi connectivity index (χ0) is 17.6. The van der Waals surface area contributed by atoms with Crippen molar-refractivity contribution in [2.24, 2.45) is 0 Å². The third kappa shape index (κ3) is 4.92. The Labute approximate surface area is 147 Å². The molecule has 0 N–H and O–H groups in total. The van der Waals surface area contributed by atoms with Gasteiger partial charge in [0, 0.05) is 37.7 Å². The van der Waals surface area contributed by atoms with Crippen molar-refractivity contribution in [3.05, 3.63) is 53.5 Å². The van der Waals surface area contributed by atoms with E-state index in [4.69, 9.17) is 9.47 Å². The van der Waals surface area contributed by atoms with Gasteiger partial charge in [-0.15, -0.1) is 0 Å². The van der Waals surface area contributed by atoms with Gasteiger partial charge in [-0.25, -0.2) is 9.78 Å². The molecule has 2 heterocycles. The van der Waals surface area contributed by atoms with Gasteiger partial charge in [-0.05, 0) is 19.4 Å². The molecular formula is C19H23N3O3. The van der Waals surface area contributed by atoms with Gasteiger partial charge in [0.25, 0.3) is 0 Å². The highest BCUT2D eigenvalue weighted by Gasteiger charge is 2.25. The van der Waals surface area contributed by atoms with Gasteiger partial charge in [0.2, 0.25) is 5.88 Å². The largest absolute Gasteiger partial charge is 0.474 e. The van der Waals surface area contributed by atoms with Crippen LogP contribution in [0, 0.1) is 13.8 Å². The molecule has 2 aromatic rings. The van der Waals surface area contributed by atoms with Crippen LogP contribution in [0.25, 0.3) is 0 Å². The molecule has 0 bridgehead atoms. The maximum atomic E-state index is 12.2. The molecule has 25 heavy (non-hydrogen) atoms. The number of carbonyl (C=O) groups excluding carboxylic acids is 1. The molecule has 0 spiro atoms. The van der Waals surface area contributed by atoms with Crippen LogP contribution in [-0.4, -0.2) is 40.2 Å². The molecule has 1 amide bonds. The zero-order valence-electron chi connectivity index (χ0n) is 14.6. The fourth-order valence-corrected chi connectivity index (χ4v) is 2.88. The topological polar surface area (TPSA) is 64.5 Å². The van der Waals surface area contributed by atoms with Crippen molar-refractivity contribution in [1.82, 2.24) is 14.9 Å². The van der Waals surface area contributed by atoms with Crippen LogP contribution in [0.1, 0.15) is 29.9 Å². The predicted molar refractivity (Wildman–Crippen MR) is 93.4 cm³/mol. The van der Waals surface area contributed by atoms with E-state index in [0.29, 0.717) is 31.4 Å². The molecular weight excluding hydrogens is 318 g/mol. The number of carbonyl (C=O) groups is 1. The Balaban J connectivity index is 1.45. The second kappa shape index (κ2) is 7.96. The van der Waals surface area contributed by atoms with Gasteiger partial charge in [0.15, 0.2) is 0 Å². The number of nitrogens with zero attached hydrogens (tertiary/aromatic N) is 3. The summed E-state index contributed by atoms with van der Waals surface area (Å²) in [7, 11) is 0. The van der Waals surface area contributed by atoms with E-state index in [1.807, 2.05) is 50.2 Å². The molecule has 0 unspecified atom stereocenters. The third-order valence-electron chi connectivity index (χ3n) is 4.14. The molecule has 1 aromatic heterocycles. The monoisotopic (exact) mass is 341 g/mol. The normalized spacial score (nSPS) is 15.0. The highest BCUT2D eigenvalue weighted by atomic mass is 16.6. The van der Waals surface area contributed by atoms with E-state index in [9.17, 15) is 4.79 Å². The summed E-state index contributed by atoms with van der Waals surface area (Å²) in [6.07, 6.45) is 1.33. The minimum atomic E-state index is -0.268. The molecule has 0 atom stereocenters. The highest BCUT2D eigenvalue weighted by Crippen LogP contribution is 2.19. The Kier molecular flexibility index (Phi) is 5.48. The first-order valence-electron chi connectivity index (χ1n) is 8.55. The number of likely N-dealkylation sites (tertiary alicyclic amines) is 1. The zero-order valence-corrected chi connectivity index (χ0v) is 14.6. The summed E-state index contributed by atoms with van der Waals surface area (Å²) in [6, 6.07) is 11.5. The van der Waals surface area contributed by atoms with Crippen molar-refractivity contribution >= 4 is 6.09 Å². The lowest BCUT2D eigenvalue weighted by Crippen LogP contribution is -2.42. The molecule has 6 nitrogen and oxygen atoms in total. The highest BCUT2D eigenvalue weighted by molar-refractivity contribution is 5.67. The first kappa shape index (κ1) is 17.2. The minimum absolute atomic E-state index is 0.0619. The van der Waals surface area contributed by atoms with Crippen LogP contribution >= 0.6 is 0 Å². The van der Waals surface area contributed by atoms with E-state index < -0.39 is 0 Å². The standard InChI is InChI=1S/C19H23N3O3/c1-14-12-18(21-15(2)20-14)25-17-8-10-22(11-9-17)19(23)24-13-16-6-4-3-5-7-16/h3-7,12,17H,8-11,13H2,1-2H3. The average molecular weight is 341 g/mol. The van der Waals surface area contributed by atoms with Crippen molar-refractivity contribution in [1.29, 1.82) is 0 Å². The number of aryl methyl sites for hydroxylation is 2. The summed E-state index contributed by atoms with van der Waals surface area (Å²) in [5.41, 5.74) is 1.88. The number of aromatic nitrogens is 2. The molecule has 0 radical (unpaired) electrons. The van der Waals surface area contributed by atoms with Crippen LogP contribution in [0.5, 0.6) is 5.88 Å². The molecule has 0 aliphatic carbocycles. The summed E-state index contributed by atoms with van der Waals surface area (Å²) in [5, 5.41) is 0. The quantitative estimate of drug-likeness (QED) is 0.854. The van der Waals surface area contributed by atoms with Crippen molar-refractivity contribution < 1.29 is 14.3 Å². The van der Waals surface area contributed by atoms with Crippen LogP contribution in [-0.2, 0) is 11.3 Å². The van der Waals surface area contributed by atoms with Gasteiger partial charge in [-0.3, -0.25) is 0 Å². The maximum absolute atomic E-state index is 12.2. The number of piperidine rings is 1. The number of benzene rings is 1. The van der Waals surface area contributed by atoms with Crippen molar-refractivity contribution in [2.75, 3.05) is 13.1 Å². The molecule has 1 aliphatic heterocycles. The lowest BCUT2D eigenvalue weighted by atomic mass is 10.1. The Morgan fingerprint density at radius 2 is 1.88 bits per heavy atom.